The number of benzene rings is 3. The third-order valence-electron chi connectivity index (χ3n) is 5.30. The second-order valence-corrected chi connectivity index (χ2v) is 10.1. The van der Waals surface area contributed by atoms with Crippen molar-refractivity contribution in [2.24, 2.45) is 0 Å². The SMILES string of the molecule is O=C1/C(=C/c2ccccc2F)SC(=S)N1CCC(=O)N1c2ccccc2Sc2ccccc21. The van der Waals surface area contributed by atoms with Gasteiger partial charge in [0.15, 0.2) is 0 Å². The zero-order chi connectivity index (χ0) is 22.9. The van der Waals surface area contributed by atoms with E-state index in [0.29, 0.717) is 14.8 Å². The number of carbonyl (C=O) groups is 2. The summed E-state index contributed by atoms with van der Waals surface area (Å²) >= 11 is 8.14. The van der Waals surface area contributed by atoms with Crippen LogP contribution in [0.4, 0.5) is 15.8 Å². The fourth-order valence-electron chi connectivity index (χ4n) is 3.72. The molecule has 1 saturated heterocycles. The number of nitrogens with zero attached hydrogens (tertiary/aromatic N) is 2. The Kier molecular flexibility index (Phi) is 6.05. The highest BCUT2D eigenvalue weighted by atomic mass is 32.2. The quantitative estimate of drug-likeness (QED) is 0.318. The lowest BCUT2D eigenvalue weighted by molar-refractivity contribution is -0.123. The number of thiocarbonyl (C=S) groups is 1. The molecule has 2 heterocycles. The molecular formula is C25H17FN2O2S3. The van der Waals surface area contributed by atoms with Crippen molar-refractivity contribution >= 4 is 69.3 Å². The maximum absolute atomic E-state index is 14.0. The molecule has 0 atom stereocenters. The van der Waals surface area contributed by atoms with Gasteiger partial charge in [0.05, 0.1) is 16.3 Å². The molecule has 4 nitrogen and oxygen atoms in total. The molecule has 0 aliphatic carbocycles. The first-order chi connectivity index (χ1) is 16.0. The van der Waals surface area contributed by atoms with Crippen LogP contribution >= 0.6 is 35.7 Å². The molecule has 0 saturated carbocycles. The Labute approximate surface area is 204 Å². The van der Waals surface area contributed by atoms with Crippen molar-refractivity contribution in [2.45, 2.75) is 16.2 Å². The molecular weight excluding hydrogens is 475 g/mol. The Bertz CT molecular complexity index is 1280. The first-order valence-electron chi connectivity index (χ1n) is 10.2. The number of hydrogen-bond acceptors (Lipinski definition) is 5. The molecule has 0 radical (unpaired) electrons. The van der Waals surface area contributed by atoms with Crippen LogP contribution in [0.3, 0.4) is 0 Å². The van der Waals surface area contributed by atoms with E-state index >= 15 is 0 Å². The minimum absolute atomic E-state index is 0.104. The topological polar surface area (TPSA) is 40.6 Å². The summed E-state index contributed by atoms with van der Waals surface area (Å²) in [5.74, 6) is -0.836. The number of thioether (sulfide) groups is 1. The van der Waals surface area contributed by atoms with E-state index in [1.807, 2.05) is 48.5 Å². The van der Waals surface area contributed by atoms with Gasteiger partial charge >= 0.3 is 0 Å². The second kappa shape index (κ2) is 9.13. The number of halogens is 1. The van der Waals surface area contributed by atoms with Crippen LogP contribution in [-0.2, 0) is 9.59 Å². The molecule has 0 unspecified atom stereocenters. The summed E-state index contributed by atoms with van der Waals surface area (Å²) in [6, 6.07) is 21.8. The van der Waals surface area contributed by atoms with Crippen LogP contribution in [-0.4, -0.2) is 27.6 Å². The highest BCUT2D eigenvalue weighted by molar-refractivity contribution is 8.26. The minimum atomic E-state index is -0.404. The monoisotopic (exact) mass is 492 g/mol. The molecule has 3 aromatic carbocycles. The molecule has 8 heteroatoms. The van der Waals surface area contributed by atoms with Gasteiger partial charge in [0.1, 0.15) is 10.1 Å². The Morgan fingerprint density at radius 1 is 0.909 bits per heavy atom. The molecule has 1 fully saturated rings. The van der Waals surface area contributed by atoms with E-state index in [2.05, 4.69) is 0 Å². The van der Waals surface area contributed by atoms with Crippen LogP contribution in [0.25, 0.3) is 6.08 Å². The minimum Gasteiger partial charge on any atom is -0.292 e. The van der Waals surface area contributed by atoms with E-state index in [-0.39, 0.29) is 24.8 Å². The van der Waals surface area contributed by atoms with E-state index in [9.17, 15) is 14.0 Å². The summed E-state index contributed by atoms with van der Waals surface area (Å²) in [6.07, 6.45) is 1.61. The average molecular weight is 493 g/mol. The molecule has 0 spiro atoms. The van der Waals surface area contributed by atoms with Gasteiger partial charge in [-0.2, -0.15) is 0 Å². The number of amides is 2. The number of rotatable bonds is 4. The van der Waals surface area contributed by atoms with Gasteiger partial charge < -0.3 is 0 Å². The van der Waals surface area contributed by atoms with Crippen molar-refractivity contribution in [1.82, 2.24) is 4.90 Å². The molecule has 5 rings (SSSR count). The fraction of sp³-hybridized carbons (Fsp3) is 0.0800. The van der Waals surface area contributed by atoms with Crippen molar-refractivity contribution in [1.29, 1.82) is 0 Å². The van der Waals surface area contributed by atoms with Crippen LogP contribution < -0.4 is 4.90 Å². The molecule has 0 N–H and O–H groups in total. The van der Waals surface area contributed by atoms with Gasteiger partial charge in [0.2, 0.25) is 5.91 Å². The van der Waals surface area contributed by atoms with Gasteiger partial charge in [-0.25, -0.2) is 4.39 Å². The van der Waals surface area contributed by atoms with Crippen molar-refractivity contribution < 1.29 is 14.0 Å². The first kappa shape index (κ1) is 21.9. The molecule has 0 bridgehead atoms. The van der Waals surface area contributed by atoms with E-state index < -0.39 is 5.82 Å². The Morgan fingerprint density at radius 2 is 1.52 bits per heavy atom. The van der Waals surface area contributed by atoms with Crippen molar-refractivity contribution in [3.05, 3.63) is 89.1 Å². The van der Waals surface area contributed by atoms with Crippen LogP contribution in [0, 0.1) is 5.82 Å². The zero-order valence-corrected chi connectivity index (χ0v) is 19.7. The van der Waals surface area contributed by atoms with Crippen LogP contribution in [0.15, 0.2) is 87.5 Å². The third kappa shape index (κ3) is 4.21. The van der Waals surface area contributed by atoms with Crippen LogP contribution in [0.1, 0.15) is 12.0 Å². The Balaban J connectivity index is 1.35. The molecule has 2 amide bonds. The first-order valence-corrected chi connectivity index (χ1v) is 12.3. The summed E-state index contributed by atoms with van der Waals surface area (Å²) in [4.78, 5) is 31.8. The maximum Gasteiger partial charge on any atom is 0.266 e. The summed E-state index contributed by atoms with van der Waals surface area (Å²) < 4.78 is 14.4. The Hall–Kier alpha value is -2.94. The molecule has 0 aromatic heterocycles. The molecule has 3 aromatic rings. The summed E-state index contributed by atoms with van der Waals surface area (Å²) in [5, 5.41) is 0. The van der Waals surface area contributed by atoms with E-state index in [1.54, 1.807) is 34.9 Å². The Morgan fingerprint density at radius 3 is 2.18 bits per heavy atom. The highest BCUT2D eigenvalue weighted by Crippen LogP contribution is 2.48. The lowest BCUT2D eigenvalue weighted by Gasteiger charge is -2.31. The normalized spacial score (nSPS) is 16.2. The van der Waals surface area contributed by atoms with Gasteiger partial charge in [-0.15, -0.1) is 0 Å². The van der Waals surface area contributed by atoms with Crippen molar-refractivity contribution in [3.63, 3.8) is 0 Å². The number of hydrogen-bond donors (Lipinski definition) is 0. The van der Waals surface area contributed by atoms with E-state index in [0.717, 1.165) is 32.9 Å². The molecule has 164 valence electrons. The number of para-hydroxylation sites is 2. The van der Waals surface area contributed by atoms with Gasteiger partial charge in [0.25, 0.3) is 5.91 Å². The number of anilines is 2. The third-order valence-corrected chi connectivity index (χ3v) is 7.80. The van der Waals surface area contributed by atoms with E-state index in [1.165, 1.54) is 17.0 Å². The predicted octanol–water partition coefficient (Wildman–Crippen LogP) is 6.25. The fourth-order valence-corrected chi connectivity index (χ4v) is 6.08. The standard InChI is InChI=1S/C25H17FN2O2S3/c26-17-8-2-1-7-16(17)15-22-24(30)27(25(31)33-22)14-13-23(29)28-18-9-3-5-11-20(18)32-21-12-6-4-10-19(21)28/h1-12,15H,13-14H2/b22-15-. The highest BCUT2D eigenvalue weighted by Gasteiger charge is 2.34. The van der Waals surface area contributed by atoms with Gasteiger partial charge in [0, 0.05) is 28.3 Å². The van der Waals surface area contributed by atoms with Gasteiger partial charge in [-0.05, 0) is 36.4 Å². The van der Waals surface area contributed by atoms with Crippen LogP contribution in [0.2, 0.25) is 0 Å². The summed E-state index contributed by atoms with van der Waals surface area (Å²) in [7, 11) is 0. The summed E-state index contributed by atoms with van der Waals surface area (Å²) in [5.41, 5.74) is 1.99. The van der Waals surface area contributed by atoms with Gasteiger partial charge in [-0.1, -0.05) is 78.2 Å². The smallest absolute Gasteiger partial charge is 0.266 e. The average Bonchev–Trinajstić information content (AvgIpc) is 3.09. The van der Waals surface area contributed by atoms with Crippen molar-refractivity contribution in [2.75, 3.05) is 11.4 Å². The lowest BCUT2D eigenvalue weighted by atomic mass is 10.2. The number of fused-ring (bicyclic) bond motifs is 2. The molecule has 2 aliphatic heterocycles. The largest absolute Gasteiger partial charge is 0.292 e. The predicted molar refractivity (Wildman–Crippen MR) is 135 cm³/mol. The van der Waals surface area contributed by atoms with E-state index in [4.69, 9.17) is 12.2 Å². The second-order valence-electron chi connectivity index (χ2n) is 7.37. The summed E-state index contributed by atoms with van der Waals surface area (Å²) in [6.45, 7) is 0.159. The van der Waals surface area contributed by atoms with Crippen LogP contribution in [0.5, 0.6) is 0 Å². The van der Waals surface area contributed by atoms with Gasteiger partial charge in [-0.3, -0.25) is 19.4 Å². The van der Waals surface area contributed by atoms with Crippen molar-refractivity contribution in [3.8, 4) is 0 Å². The number of carbonyl (C=O) groups excluding carboxylic acids is 2. The molecule has 2 aliphatic rings. The lowest BCUT2D eigenvalue weighted by Crippen LogP contribution is -2.35. The molecule has 33 heavy (non-hydrogen) atoms. The maximum atomic E-state index is 14.0. The zero-order valence-electron chi connectivity index (χ0n) is 17.2.